The third-order valence-corrected chi connectivity index (χ3v) is 11.4. The summed E-state index contributed by atoms with van der Waals surface area (Å²) in [7, 11) is -1.10. The van der Waals surface area contributed by atoms with Crippen molar-refractivity contribution in [3.05, 3.63) is 12.2 Å². The summed E-state index contributed by atoms with van der Waals surface area (Å²) in [6.45, 7) is 12.4. The summed E-state index contributed by atoms with van der Waals surface area (Å²) in [5.41, 5.74) is 0.470. The number of rotatable bonds is 7. The summed E-state index contributed by atoms with van der Waals surface area (Å²) in [5.74, 6) is -0.280. The molecule has 0 radical (unpaired) electrons. The zero-order chi connectivity index (χ0) is 12.8. The molecule has 16 heavy (non-hydrogen) atoms. The molecule has 1 atom stereocenters. The minimum absolute atomic E-state index is 0.280. The lowest BCUT2D eigenvalue weighted by molar-refractivity contribution is -0.138. The fourth-order valence-electron chi connectivity index (χ4n) is 1.32. The van der Waals surface area contributed by atoms with Gasteiger partial charge in [0.2, 0.25) is 0 Å². The van der Waals surface area contributed by atoms with Gasteiger partial charge in [0.25, 0.3) is 0 Å². The van der Waals surface area contributed by atoms with E-state index in [-0.39, 0.29) is 5.97 Å². The second kappa shape index (κ2) is 7.21. The Morgan fingerprint density at radius 2 is 2.00 bits per heavy atom. The molecule has 0 N–H and O–H groups in total. The first-order valence-electron chi connectivity index (χ1n) is 5.73. The number of carbonyl (C=O) groups excluding carboxylic acids is 1. The summed E-state index contributed by atoms with van der Waals surface area (Å²) in [5, 5.41) is 0. The monoisotopic (exact) mass is 276 g/mol. The van der Waals surface area contributed by atoms with Gasteiger partial charge in [-0.3, -0.25) is 0 Å². The van der Waals surface area contributed by atoms with Crippen molar-refractivity contribution in [2.24, 2.45) is 0 Å². The molecule has 0 saturated carbocycles. The predicted molar refractivity (Wildman–Crippen MR) is 76.7 cm³/mol. The fourth-order valence-corrected chi connectivity index (χ4v) is 15.0. The van der Waals surface area contributed by atoms with Gasteiger partial charge < -0.3 is 8.85 Å². The van der Waals surface area contributed by atoms with E-state index < -0.39 is 16.9 Å². The van der Waals surface area contributed by atoms with Crippen LogP contribution < -0.4 is 0 Å². The second-order valence-electron chi connectivity index (χ2n) is 5.10. The largest absolute Gasteiger partial charge is 0.462 e. The van der Waals surface area contributed by atoms with Gasteiger partial charge in [-0.2, -0.15) is 0 Å². The van der Waals surface area contributed by atoms with Crippen molar-refractivity contribution in [1.82, 2.24) is 0 Å². The van der Waals surface area contributed by atoms with E-state index in [9.17, 15) is 4.79 Å². The SMILES string of the molecule is C=C(C)C(=O)OCCC[SiH]([SiH3])O[Si](C)(C)C. The Balaban J connectivity index is 3.60. The number of hydrogen-bond acceptors (Lipinski definition) is 3. The number of esters is 1. The van der Waals surface area contributed by atoms with Gasteiger partial charge >= 0.3 is 5.97 Å². The Labute approximate surface area is 104 Å². The second-order valence-corrected chi connectivity index (χ2v) is 16.3. The summed E-state index contributed by atoms with van der Waals surface area (Å²) in [4.78, 5) is 11.1. The lowest BCUT2D eigenvalue weighted by Gasteiger charge is -2.23. The van der Waals surface area contributed by atoms with E-state index in [4.69, 9.17) is 8.85 Å². The molecule has 0 fully saturated rings. The summed E-state index contributed by atoms with van der Waals surface area (Å²) >= 11 is 0. The quantitative estimate of drug-likeness (QED) is 0.300. The summed E-state index contributed by atoms with van der Waals surface area (Å²) < 4.78 is 11.1. The fraction of sp³-hybridized carbons (Fsp3) is 0.700. The first-order valence-corrected chi connectivity index (χ1v) is 15.0. The van der Waals surface area contributed by atoms with Crippen LogP contribution in [0.25, 0.3) is 0 Å². The minimum atomic E-state index is -1.35. The van der Waals surface area contributed by atoms with Crippen molar-refractivity contribution in [3.63, 3.8) is 0 Å². The molecular formula is C10H24O3Si3. The van der Waals surface area contributed by atoms with Gasteiger partial charge in [-0.05, 0) is 39.0 Å². The van der Waals surface area contributed by atoms with E-state index in [0.717, 1.165) is 12.5 Å². The van der Waals surface area contributed by atoms with Gasteiger partial charge in [0.1, 0.15) is 8.56 Å². The standard InChI is InChI=1S/C10H24O3Si3/c1-9(2)10(11)12-7-6-8-15(14)13-16(3,4)5/h15H,1,6-8H2,2-5,14H3. The molecule has 0 aliphatic rings. The number of carbonyl (C=O) groups is 1. The highest BCUT2D eigenvalue weighted by Crippen LogP contribution is 2.07. The number of ether oxygens (including phenoxy) is 1. The van der Waals surface area contributed by atoms with Crippen LogP contribution in [0.3, 0.4) is 0 Å². The average molecular weight is 277 g/mol. The van der Waals surface area contributed by atoms with E-state index in [1.807, 2.05) is 0 Å². The maximum atomic E-state index is 11.1. The Kier molecular flexibility index (Phi) is 7.13. The van der Waals surface area contributed by atoms with Gasteiger partial charge in [-0.15, -0.1) is 0 Å². The van der Waals surface area contributed by atoms with Crippen molar-refractivity contribution in [2.45, 2.75) is 39.0 Å². The molecule has 0 aromatic carbocycles. The van der Waals surface area contributed by atoms with Gasteiger partial charge in [0.05, 0.1) is 6.61 Å². The van der Waals surface area contributed by atoms with Gasteiger partial charge in [0, 0.05) is 15.3 Å². The highest BCUT2D eigenvalue weighted by Gasteiger charge is 2.18. The average Bonchev–Trinajstić information content (AvgIpc) is 2.08. The molecule has 0 aliphatic heterocycles. The first kappa shape index (κ1) is 15.8. The maximum absolute atomic E-state index is 11.1. The Morgan fingerprint density at radius 1 is 1.44 bits per heavy atom. The lowest BCUT2D eigenvalue weighted by Crippen LogP contribution is -2.35. The molecule has 0 bridgehead atoms. The van der Waals surface area contributed by atoms with E-state index >= 15 is 0 Å². The van der Waals surface area contributed by atoms with Crippen molar-refractivity contribution in [2.75, 3.05) is 6.61 Å². The van der Waals surface area contributed by atoms with Crippen LogP contribution in [0.2, 0.25) is 25.7 Å². The zero-order valence-corrected chi connectivity index (χ0v) is 15.3. The molecule has 6 heteroatoms. The molecular weight excluding hydrogens is 252 g/mol. The van der Waals surface area contributed by atoms with E-state index in [2.05, 4.69) is 26.2 Å². The van der Waals surface area contributed by atoms with Crippen LogP contribution in [0, 0.1) is 0 Å². The molecule has 0 saturated heterocycles. The predicted octanol–water partition coefficient (Wildman–Crippen LogP) is 0.933. The van der Waals surface area contributed by atoms with Crippen LogP contribution in [0.5, 0.6) is 0 Å². The molecule has 0 spiro atoms. The Morgan fingerprint density at radius 3 is 2.44 bits per heavy atom. The van der Waals surface area contributed by atoms with Crippen molar-refractivity contribution in [1.29, 1.82) is 0 Å². The molecule has 0 rings (SSSR count). The van der Waals surface area contributed by atoms with Gasteiger partial charge in [-0.1, -0.05) is 6.58 Å². The van der Waals surface area contributed by atoms with Gasteiger partial charge in [-0.25, -0.2) is 4.79 Å². The third-order valence-electron chi connectivity index (χ3n) is 1.89. The molecule has 0 amide bonds. The van der Waals surface area contributed by atoms with Crippen LogP contribution in [0.4, 0.5) is 0 Å². The Hall–Kier alpha value is -0.179. The Bertz CT molecular complexity index is 248. The molecule has 1 unspecified atom stereocenters. The van der Waals surface area contributed by atoms with Crippen LogP contribution >= 0.6 is 0 Å². The molecule has 0 aromatic heterocycles. The highest BCUT2D eigenvalue weighted by atomic mass is 29.2. The number of hydrogen-bond donors (Lipinski definition) is 0. The molecule has 94 valence electrons. The van der Waals surface area contributed by atoms with E-state index in [1.54, 1.807) is 6.92 Å². The van der Waals surface area contributed by atoms with Crippen LogP contribution in [-0.2, 0) is 13.6 Å². The van der Waals surface area contributed by atoms with Crippen molar-refractivity contribution < 1.29 is 13.6 Å². The first-order chi connectivity index (χ1) is 7.22. The smallest absolute Gasteiger partial charge is 0.333 e. The highest BCUT2D eigenvalue weighted by molar-refractivity contribution is 7.03. The molecule has 0 heterocycles. The van der Waals surface area contributed by atoms with Crippen LogP contribution in [-0.4, -0.2) is 39.2 Å². The topological polar surface area (TPSA) is 35.5 Å². The summed E-state index contributed by atoms with van der Waals surface area (Å²) in [6, 6.07) is 1.12. The molecule has 0 aliphatic carbocycles. The van der Waals surface area contributed by atoms with Crippen molar-refractivity contribution >= 4 is 32.6 Å². The zero-order valence-electron chi connectivity index (χ0n) is 11.1. The normalized spacial score (nSPS) is 13.5. The van der Waals surface area contributed by atoms with Crippen molar-refractivity contribution in [3.8, 4) is 0 Å². The van der Waals surface area contributed by atoms with Crippen LogP contribution in [0.15, 0.2) is 12.2 Å². The van der Waals surface area contributed by atoms with E-state index in [1.165, 1.54) is 9.76 Å². The minimum Gasteiger partial charge on any atom is -0.462 e. The molecule has 0 aromatic rings. The van der Waals surface area contributed by atoms with E-state index in [0.29, 0.717) is 12.2 Å². The lowest BCUT2D eigenvalue weighted by atomic mass is 10.4. The summed E-state index contributed by atoms with van der Waals surface area (Å²) in [6.07, 6.45) is 0.934. The molecule has 3 nitrogen and oxygen atoms in total. The maximum Gasteiger partial charge on any atom is 0.333 e. The van der Waals surface area contributed by atoms with Gasteiger partial charge in [0.15, 0.2) is 8.32 Å². The van der Waals surface area contributed by atoms with Crippen LogP contribution in [0.1, 0.15) is 13.3 Å². The third kappa shape index (κ3) is 9.08.